The second-order valence-corrected chi connectivity index (χ2v) is 6.72. The van der Waals surface area contributed by atoms with Crippen LogP contribution in [-0.2, 0) is 15.7 Å². The molecule has 0 atom stereocenters. The van der Waals surface area contributed by atoms with Crippen LogP contribution in [0.4, 0.5) is 0 Å². The van der Waals surface area contributed by atoms with Gasteiger partial charge in [0.25, 0.3) is 0 Å². The Labute approximate surface area is 125 Å². The number of hydrogen-bond acceptors (Lipinski definition) is 4. The normalized spacial score (nSPS) is 22.5. The first-order chi connectivity index (χ1) is 9.77. The molecule has 21 heavy (non-hydrogen) atoms. The van der Waals surface area contributed by atoms with Gasteiger partial charge in [-0.3, -0.25) is 4.79 Å². The molecule has 1 fully saturated rings. The maximum Gasteiger partial charge on any atom is 0.498 e. The fraction of sp³-hybridized carbons (Fsp3) is 0.562. The first-order valence-corrected chi connectivity index (χ1v) is 7.35. The van der Waals surface area contributed by atoms with E-state index < -0.39 is 18.3 Å². The minimum Gasteiger partial charge on any atom is -0.497 e. The number of carbonyl (C=O) groups excluding carboxylic acids is 1. The van der Waals surface area contributed by atoms with Crippen molar-refractivity contribution in [2.45, 2.75) is 51.7 Å². The van der Waals surface area contributed by atoms with Gasteiger partial charge in [0.05, 0.1) is 18.3 Å². The quantitative estimate of drug-likeness (QED) is 0.782. The SMILES string of the molecule is COc1ccc2c(c1B1OC(C)(C)C(C)(C)O1)CCC2=O. The molecular weight excluding hydrogens is 267 g/mol. The lowest BCUT2D eigenvalue weighted by molar-refractivity contribution is 0.00578. The summed E-state index contributed by atoms with van der Waals surface area (Å²) in [6.07, 6.45) is 1.28. The summed E-state index contributed by atoms with van der Waals surface area (Å²) >= 11 is 0. The highest BCUT2D eigenvalue weighted by molar-refractivity contribution is 6.64. The van der Waals surface area contributed by atoms with Gasteiger partial charge < -0.3 is 14.0 Å². The molecule has 1 aromatic carbocycles. The summed E-state index contributed by atoms with van der Waals surface area (Å²) in [5, 5.41) is 0. The van der Waals surface area contributed by atoms with Crippen molar-refractivity contribution in [1.29, 1.82) is 0 Å². The van der Waals surface area contributed by atoms with Gasteiger partial charge in [-0.25, -0.2) is 0 Å². The van der Waals surface area contributed by atoms with Crippen molar-refractivity contribution < 1.29 is 18.8 Å². The molecule has 0 N–H and O–H groups in total. The highest BCUT2D eigenvalue weighted by atomic mass is 16.7. The number of Topliss-reactive ketones (excluding diaryl/α,β-unsaturated/α-hetero) is 1. The average molecular weight is 288 g/mol. The Morgan fingerprint density at radius 2 is 1.71 bits per heavy atom. The number of benzene rings is 1. The number of ether oxygens (including phenoxy) is 1. The molecule has 1 aromatic rings. The van der Waals surface area contributed by atoms with Gasteiger partial charge in [0.1, 0.15) is 5.75 Å². The van der Waals surface area contributed by atoms with Crippen molar-refractivity contribution in [2.24, 2.45) is 0 Å². The molecule has 0 unspecified atom stereocenters. The largest absolute Gasteiger partial charge is 0.498 e. The molecule has 5 heteroatoms. The molecule has 3 rings (SSSR count). The van der Waals surface area contributed by atoms with E-state index >= 15 is 0 Å². The van der Waals surface area contributed by atoms with E-state index in [0.717, 1.165) is 28.8 Å². The highest BCUT2D eigenvalue weighted by Gasteiger charge is 2.53. The Morgan fingerprint density at radius 3 is 2.29 bits per heavy atom. The molecule has 112 valence electrons. The standard InChI is InChI=1S/C16H21BO4/c1-15(2)16(3,4)21-17(20-15)14-11-6-8-12(18)10(11)7-9-13(14)19-5/h7,9H,6,8H2,1-5H3. The van der Waals surface area contributed by atoms with Crippen LogP contribution in [0.15, 0.2) is 12.1 Å². The van der Waals surface area contributed by atoms with Gasteiger partial charge in [-0.05, 0) is 51.8 Å². The van der Waals surface area contributed by atoms with Crippen LogP contribution in [-0.4, -0.2) is 31.2 Å². The molecule has 2 aliphatic rings. The molecule has 0 bridgehead atoms. The fourth-order valence-corrected chi connectivity index (χ4v) is 2.94. The summed E-state index contributed by atoms with van der Waals surface area (Å²) in [5.41, 5.74) is 1.85. The van der Waals surface area contributed by atoms with Crippen LogP contribution in [0.5, 0.6) is 5.75 Å². The van der Waals surface area contributed by atoms with Crippen molar-refractivity contribution in [2.75, 3.05) is 7.11 Å². The van der Waals surface area contributed by atoms with Gasteiger partial charge in [0, 0.05) is 17.4 Å². The van der Waals surface area contributed by atoms with Gasteiger partial charge in [0.2, 0.25) is 0 Å². The molecule has 0 spiro atoms. The van der Waals surface area contributed by atoms with Crippen LogP contribution in [0.25, 0.3) is 0 Å². The zero-order valence-electron chi connectivity index (χ0n) is 13.3. The summed E-state index contributed by atoms with van der Waals surface area (Å²) < 4.78 is 17.8. The van der Waals surface area contributed by atoms with E-state index in [1.807, 2.05) is 39.8 Å². The molecular formula is C16H21BO4. The lowest BCUT2D eigenvalue weighted by Crippen LogP contribution is -2.41. The Kier molecular flexibility index (Phi) is 3.19. The molecule has 0 saturated carbocycles. The number of ketones is 1. The number of carbonyl (C=O) groups is 1. The summed E-state index contributed by atoms with van der Waals surface area (Å²) in [6.45, 7) is 8.09. The first-order valence-electron chi connectivity index (χ1n) is 7.35. The van der Waals surface area contributed by atoms with Crippen LogP contribution < -0.4 is 10.2 Å². The Hall–Kier alpha value is -1.33. The third-order valence-electron chi connectivity index (χ3n) is 4.93. The number of fused-ring (bicyclic) bond motifs is 1. The lowest BCUT2D eigenvalue weighted by Gasteiger charge is -2.32. The smallest absolute Gasteiger partial charge is 0.497 e. The van der Waals surface area contributed by atoms with Gasteiger partial charge in [0.15, 0.2) is 5.78 Å². The molecule has 0 aromatic heterocycles. The predicted molar refractivity (Wildman–Crippen MR) is 81.4 cm³/mol. The van der Waals surface area contributed by atoms with Crippen LogP contribution in [0.3, 0.4) is 0 Å². The van der Waals surface area contributed by atoms with Crippen LogP contribution in [0, 0.1) is 0 Å². The molecule has 1 aliphatic carbocycles. The Balaban J connectivity index is 2.09. The van der Waals surface area contributed by atoms with E-state index in [9.17, 15) is 4.79 Å². The maximum absolute atomic E-state index is 12.0. The van der Waals surface area contributed by atoms with Crippen LogP contribution in [0.1, 0.15) is 50.0 Å². The predicted octanol–water partition coefficient (Wildman–Crippen LogP) is 2.12. The average Bonchev–Trinajstić information content (AvgIpc) is 2.87. The van der Waals surface area contributed by atoms with E-state index in [1.165, 1.54) is 0 Å². The molecule has 1 aliphatic heterocycles. The zero-order valence-corrected chi connectivity index (χ0v) is 13.3. The van der Waals surface area contributed by atoms with Gasteiger partial charge in [-0.1, -0.05) is 0 Å². The van der Waals surface area contributed by atoms with Gasteiger partial charge >= 0.3 is 7.12 Å². The van der Waals surface area contributed by atoms with Crippen molar-refractivity contribution in [1.82, 2.24) is 0 Å². The zero-order chi connectivity index (χ0) is 15.4. The highest BCUT2D eigenvalue weighted by Crippen LogP contribution is 2.38. The fourth-order valence-electron chi connectivity index (χ4n) is 2.94. The monoisotopic (exact) mass is 288 g/mol. The molecule has 0 amide bonds. The second-order valence-electron chi connectivity index (χ2n) is 6.72. The van der Waals surface area contributed by atoms with E-state index in [2.05, 4.69) is 0 Å². The van der Waals surface area contributed by atoms with E-state index in [1.54, 1.807) is 7.11 Å². The first kappa shape index (κ1) is 14.6. The minimum atomic E-state index is -0.495. The topological polar surface area (TPSA) is 44.8 Å². The van der Waals surface area contributed by atoms with Crippen LogP contribution in [0.2, 0.25) is 0 Å². The number of rotatable bonds is 2. The molecule has 4 nitrogen and oxygen atoms in total. The third-order valence-corrected chi connectivity index (χ3v) is 4.93. The maximum atomic E-state index is 12.0. The lowest BCUT2D eigenvalue weighted by atomic mass is 9.74. The summed E-state index contributed by atoms with van der Waals surface area (Å²) in [4.78, 5) is 12.0. The van der Waals surface area contributed by atoms with Crippen molar-refractivity contribution in [3.8, 4) is 5.75 Å². The van der Waals surface area contributed by atoms with Gasteiger partial charge in [-0.2, -0.15) is 0 Å². The molecule has 1 heterocycles. The van der Waals surface area contributed by atoms with Crippen molar-refractivity contribution in [3.05, 3.63) is 23.3 Å². The molecule has 0 radical (unpaired) electrons. The third kappa shape index (κ3) is 2.10. The minimum absolute atomic E-state index is 0.186. The van der Waals surface area contributed by atoms with Crippen LogP contribution >= 0.6 is 0 Å². The van der Waals surface area contributed by atoms with E-state index in [4.69, 9.17) is 14.0 Å². The number of hydrogen-bond donors (Lipinski definition) is 0. The Morgan fingerprint density at radius 1 is 1.10 bits per heavy atom. The summed E-state index contributed by atoms with van der Waals surface area (Å²) in [6, 6.07) is 3.68. The van der Waals surface area contributed by atoms with Crippen molar-refractivity contribution in [3.63, 3.8) is 0 Å². The Bertz CT molecular complexity index is 591. The molecule has 1 saturated heterocycles. The second kappa shape index (κ2) is 4.58. The van der Waals surface area contributed by atoms with E-state index in [0.29, 0.717) is 6.42 Å². The van der Waals surface area contributed by atoms with Crippen molar-refractivity contribution >= 4 is 18.4 Å². The van der Waals surface area contributed by atoms with Gasteiger partial charge in [-0.15, -0.1) is 0 Å². The summed E-state index contributed by atoms with van der Waals surface area (Å²) in [7, 11) is 1.14. The van der Waals surface area contributed by atoms with E-state index in [-0.39, 0.29) is 5.78 Å². The number of methoxy groups -OCH3 is 1. The summed E-state index contributed by atoms with van der Waals surface area (Å²) in [5.74, 6) is 0.910.